The molecule has 1 aromatic heterocycles. The molecule has 7 atom stereocenters. The number of nitrogens with zero attached hydrogens (tertiary/aromatic N) is 3. The Kier molecular flexibility index (Phi) is 15.9. The van der Waals surface area contributed by atoms with Gasteiger partial charge in [-0.25, -0.2) is 4.98 Å². The van der Waals surface area contributed by atoms with E-state index in [2.05, 4.69) is 42.9 Å². The number of hydrogen-bond acceptors (Lipinski definition) is 8. The molecular formula is C38H58N4O6S. The quantitative estimate of drug-likeness (QED) is 0.176. The molecule has 1 fully saturated rings. The number of ketones is 1. The third-order valence-corrected chi connectivity index (χ3v) is 11.3. The summed E-state index contributed by atoms with van der Waals surface area (Å²) in [6.07, 6.45) is 4.83. The van der Waals surface area contributed by atoms with Crippen molar-refractivity contribution in [2.45, 2.75) is 110 Å². The minimum atomic E-state index is -0.909. The molecule has 0 saturated carbocycles. The van der Waals surface area contributed by atoms with Crippen molar-refractivity contribution in [3.8, 4) is 0 Å². The molecule has 0 spiro atoms. The number of amides is 2. The van der Waals surface area contributed by atoms with Gasteiger partial charge in [-0.05, 0) is 56.7 Å². The zero-order chi connectivity index (χ0) is 36.2. The molecule has 0 radical (unpaired) electrons. The highest BCUT2D eigenvalue weighted by molar-refractivity contribution is 7.09. The minimum Gasteiger partial charge on any atom is -0.481 e. The molecule has 1 saturated heterocycles. The number of carbonyl (C=O) groups is 4. The Balaban J connectivity index is 1.74. The lowest BCUT2D eigenvalue weighted by Gasteiger charge is -2.37. The Hall–Kier alpha value is -3.15. The molecule has 1 aromatic carbocycles. The van der Waals surface area contributed by atoms with E-state index < -0.39 is 30.0 Å². The monoisotopic (exact) mass is 698 g/mol. The minimum absolute atomic E-state index is 0.0195. The van der Waals surface area contributed by atoms with Gasteiger partial charge in [-0.1, -0.05) is 77.8 Å². The van der Waals surface area contributed by atoms with E-state index in [0.717, 1.165) is 37.8 Å². The first-order valence-corrected chi connectivity index (χ1v) is 18.7. The number of aromatic nitrogens is 1. The number of rotatable bonds is 19. The molecule has 2 amide bonds. The Labute approximate surface area is 297 Å². The standard InChI is InChI=1S/C38H58N4O6S/c1-9-25(4)29(21-33(43)31-17-13-14-18-41(31)6)37(45)42(7)32(24(2)3)22-34(48-8)36-40-30(23-49-36)35(44)39-28(19-26(5)38(46)47)20-27-15-11-10-12-16-27/h10-12,15-16,23-26,28-29,31-32,34H,9,13-14,17-22H2,1-8H3,(H,39,44)(H,46,47)/t25-,26-,28?,29-,31+,32+,34+/m0/s1. The maximum Gasteiger partial charge on any atom is 0.306 e. The summed E-state index contributed by atoms with van der Waals surface area (Å²) >= 11 is 1.33. The first-order valence-electron chi connectivity index (χ1n) is 17.8. The van der Waals surface area contributed by atoms with Gasteiger partial charge < -0.3 is 20.1 Å². The molecule has 0 aliphatic carbocycles. The number of benzene rings is 1. The SMILES string of the molecule is CC[C@H](C)[C@H](CC(=O)[C@H]1CCCCN1C)C(=O)N(C)[C@H](C[C@@H](OC)c1nc(C(=O)NC(Cc2ccccc2)C[C@H](C)C(=O)O)cs1)C(C)C. The molecule has 1 aliphatic heterocycles. The summed E-state index contributed by atoms with van der Waals surface area (Å²) in [6, 6.07) is 8.97. The van der Waals surface area contributed by atoms with Crippen LogP contribution in [0.15, 0.2) is 35.7 Å². The predicted molar refractivity (Wildman–Crippen MR) is 194 cm³/mol. The molecule has 2 heterocycles. The fourth-order valence-electron chi connectivity index (χ4n) is 6.89. The van der Waals surface area contributed by atoms with Gasteiger partial charge >= 0.3 is 5.97 Å². The van der Waals surface area contributed by atoms with Crippen LogP contribution in [-0.2, 0) is 25.5 Å². The van der Waals surface area contributed by atoms with Gasteiger partial charge in [0.05, 0.1) is 12.0 Å². The van der Waals surface area contributed by atoms with Crippen molar-refractivity contribution in [1.29, 1.82) is 0 Å². The fourth-order valence-corrected chi connectivity index (χ4v) is 7.78. The number of hydrogen-bond donors (Lipinski definition) is 2. The summed E-state index contributed by atoms with van der Waals surface area (Å²) in [5.74, 6) is -2.01. The normalized spacial score (nSPS) is 19.0. The second kappa shape index (κ2) is 19.3. The van der Waals surface area contributed by atoms with E-state index in [9.17, 15) is 24.3 Å². The van der Waals surface area contributed by atoms with Crippen molar-refractivity contribution < 1.29 is 29.0 Å². The van der Waals surface area contributed by atoms with Crippen LogP contribution < -0.4 is 5.32 Å². The van der Waals surface area contributed by atoms with Crippen molar-refractivity contribution in [3.05, 3.63) is 52.0 Å². The Morgan fingerprint density at radius 1 is 1.10 bits per heavy atom. The number of carbonyl (C=O) groups excluding carboxylic acids is 3. The number of methoxy groups -OCH3 is 1. The van der Waals surface area contributed by atoms with E-state index in [1.807, 2.05) is 49.3 Å². The number of carboxylic acids is 1. The van der Waals surface area contributed by atoms with Crippen molar-refractivity contribution in [3.63, 3.8) is 0 Å². The van der Waals surface area contributed by atoms with Crippen LogP contribution >= 0.6 is 11.3 Å². The number of Topliss-reactive ketones (excluding diaryl/α,β-unsaturated/α-hetero) is 1. The molecule has 0 bridgehead atoms. The number of carboxylic acid groups (broad SMARTS) is 1. The molecule has 2 aromatic rings. The number of nitrogens with one attached hydrogen (secondary N) is 1. The van der Waals surface area contributed by atoms with E-state index in [4.69, 9.17) is 4.74 Å². The van der Waals surface area contributed by atoms with Gasteiger partial charge in [-0.2, -0.15) is 0 Å². The van der Waals surface area contributed by atoms with Gasteiger partial charge in [0.25, 0.3) is 5.91 Å². The molecule has 3 rings (SSSR count). The number of piperidine rings is 1. The lowest BCUT2D eigenvalue weighted by molar-refractivity contribution is -0.143. The van der Waals surface area contributed by atoms with Crippen LogP contribution in [0.3, 0.4) is 0 Å². The zero-order valence-electron chi connectivity index (χ0n) is 30.7. The molecule has 49 heavy (non-hydrogen) atoms. The molecule has 1 aliphatic rings. The summed E-state index contributed by atoms with van der Waals surface area (Å²) in [5.41, 5.74) is 1.25. The number of ether oxygens (including phenoxy) is 1. The van der Waals surface area contributed by atoms with Crippen molar-refractivity contribution in [1.82, 2.24) is 20.1 Å². The van der Waals surface area contributed by atoms with Crippen molar-refractivity contribution in [2.24, 2.45) is 23.7 Å². The lowest BCUT2D eigenvalue weighted by Crippen LogP contribution is -2.48. The van der Waals surface area contributed by atoms with Crippen LogP contribution in [-0.4, -0.2) is 89.3 Å². The Bertz CT molecular complexity index is 1370. The van der Waals surface area contributed by atoms with Gasteiger partial charge in [0.2, 0.25) is 5.91 Å². The van der Waals surface area contributed by atoms with Crippen LogP contribution in [0, 0.1) is 23.7 Å². The van der Waals surface area contributed by atoms with Gasteiger partial charge in [0.1, 0.15) is 16.8 Å². The molecule has 11 heteroatoms. The third kappa shape index (κ3) is 11.4. The van der Waals surface area contributed by atoms with Gasteiger partial charge in [-0.15, -0.1) is 11.3 Å². The van der Waals surface area contributed by atoms with Gasteiger partial charge in [-0.3, -0.25) is 24.1 Å². The maximum atomic E-state index is 14.2. The average Bonchev–Trinajstić information content (AvgIpc) is 3.57. The fraction of sp³-hybridized carbons (Fsp3) is 0.658. The predicted octanol–water partition coefficient (Wildman–Crippen LogP) is 6.26. The number of aliphatic carboxylic acids is 1. The summed E-state index contributed by atoms with van der Waals surface area (Å²) < 4.78 is 5.92. The van der Waals surface area contributed by atoms with E-state index >= 15 is 0 Å². The number of likely N-dealkylation sites (tertiary alicyclic amines) is 1. The summed E-state index contributed by atoms with van der Waals surface area (Å²) in [7, 11) is 5.44. The smallest absolute Gasteiger partial charge is 0.306 e. The average molecular weight is 699 g/mol. The summed E-state index contributed by atoms with van der Waals surface area (Å²) in [5, 5.41) is 14.9. The van der Waals surface area contributed by atoms with Gasteiger partial charge in [0, 0.05) is 50.4 Å². The van der Waals surface area contributed by atoms with E-state index in [0.29, 0.717) is 17.8 Å². The zero-order valence-corrected chi connectivity index (χ0v) is 31.5. The van der Waals surface area contributed by atoms with Crippen LogP contribution in [0.5, 0.6) is 0 Å². The molecule has 2 N–H and O–H groups in total. The molecule has 10 nitrogen and oxygen atoms in total. The van der Waals surface area contributed by atoms with E-state index in [-0.39, 0.29) is 60.1 Å². The van der Waals surface area contributed by atoms with Crippen LogP contribution in [0.1, 0.15) is 107 Å². The topological polar surface area (TPSA) is 129 Å². The highest BCUT2D eigenvalue weighted by Crippen LogP contribution is 2.32. The highest BCUT2D eigenvalue weighted by atomic mass is 32.1. The van der Waals surface area contributed by atoms with E-state index in [1.54, 1.807) is 19.4 Å². The first kappa shape index (κ1) is 40.3. The van der Waals surface area contributed by atoms with E-state index in [1.165, 1.54) is 11.3 Å². The number of likely N-dealkylation sites (N-methyl/N-ethyl adjacent to an activating group) is 1. The molecular weight excluding hydrogens is 641 g/mol. The highest BCUT2D eigenvalue weighted by Gasteiger charge is 2.37. The number of thiazole rings is 1. The maximum absolute atomic E-state index is 14.2. The molecule has 272 valence electrons. The third-order valence-electron chi connectivity index (χ3n) is 10.3. The van der Waals surface area contributed by atoms with Gasteiger partial charge in [0.15, 0.2) is 5.78 Å². The van der Waals surface area contributed by atoms with Crippen LogP contribution in [0.25, 0.3) is 0 Å². The summed E-state index contributed by atoms with van der Waals surface area (Å²) in [6.45, 7) is 10.8. The lowest BCUT2D eigenvalue weighted by atomic mass is 9.83. The van der Waals surface area contributed by atoms with Crippen molar-refractivity contribution >= 4 is 34.9 Å². The van der Waals surface area contributed by atoms with Crippen LogP contribution in [0.2, 0.25) is 0 Å². The second-order valence-corrected chi connectivity index (χ2v) is 15.2. The van der Waals surface area contributed by atoms with Crippen molar-refractivity contribution in [2.75, 3.05) is 27.7 Å². The Morgan fingerprint density at radius 3 is 2.39 bits per heavy atom. The van der Waals surface area contributed by atoms with Crippen LogP contribution in [0.4, 0.5) is 0 Å². The first-order chi connectivity index (χ1) is 23.3. The summed E-state index contributed by atoms with van der Waals surface area (Å²) in [4.78, 5) is 61.3. The Morgan fingerprint density at radius 2 is 1.80 bits per heavy atom. The largest absolute Gasteiger partial charge is 0.481 e. The molecule has 1 unspecified atom stereocenters. The second-order valence-electron chi connectivity index (χ2n) is 14.3.